The summed E-state index contributed by atoms with van der Waals surface area (Å²) in [5.74, 6) is 1.12. The maximum atomic E-state index is 12.7. The van der Waals surface area contributed by atoms with Gasteiger partial charge in [-0.05, 0) is 59.8 Å². The first kappa shape index (κ1) is 15.3. The summed E-state index contributed by atoms with van der Waals surface area (Å²) in [6.07, 6.45) is 2.11. The summed E-state index contributed by atoms with van der Waals surface area (Å²) in [5, 5.41) is 0. The van der Waals surface area contributed by atoms with Crippen molar-refractivity contribution in [3.8, 4) is 5.75 Å². The molecule has 1 aliphatic rings. The Hall–Kier alpha value is -1.07. The SMILES string of the molecule is COc1ccc(Br)c(C(=O)N2CCC[C@@H]([C@H](C)N)C2)c1. The van der Waals surface area contributed by atoms with E-state index in [2.05, 4.69) is 15.9 Å². The van der Waals surface area contributed by atoms with Crippen LogP contribution in [-0.4, -0.2) is 37.0 Å². The van der Waals surface area contributed by atoms with Crippen molar-refractivity contribution in [2.45, 2.75) is 25.8 Å². The first-order valence-electron chi connectivity index (χ1n) is 6.91. The van der Waals surface area contributed by atoms with Crippen molar-refractivity contribution < 1.29 is 9.53 Å². The number of ether oxygens (including phenoxy) is 1. The molecule has 1 aromatic rings. The van der Waals surface area contributed by atoms with Crippen molar-refractivity contribution in [1.29, 1.82) is 0 Å². The average Bonchev–Trinajstić information content (AvgIpc) is 2.47. The zero-order chi connectivity index (χ0) is 14.7. The fourth-order valence-corrected chi connectivity index (χ4v) is 3.01. The fourth-order valence-electron chi connectivity index (χ4n) is 2.59. The number of carbonyl (C=O) groups is 1. The smallest absolute Gasteiger partial charge is 0.255 e. The van der Waals surface area contributed by atoms with E-state index in [1.807, 2.05) is 24.0 Å². The third-order valence-electron chi connectivity index (χ3n) is 3.89. The molecule has 2 N–H and O–H groups in total. The number of methoxy groups -OCH3 is 1. The number of piperidine rings is 1. The summed E-state index contributed by atoms with van der Waals surface area (Å²) in [7, 11) is 1.60. The van der Waals surface area contributed by atoms with E-state index in [0.717, 1.165) is 30.4 Å². The van der Waals surface area contributed by atoms with Crippen molar-refractivity contribution in [3.05, 3.63) is 28.2 Å². The molecule has 2 atom stereocenters. The average molecular weight is 341 g/mol. The molecule has 1 fully saturated rings. The molecule has 0 aliphatic carbocycles. The minimum atomic E-state index is 0.0427. The van der Waals surface area contributed by atoms with E-state index >= 15 is 0 Å². The molecule has 0 unspecified atom stereocenters. The fraction of sp³-hybridized carbons (Fsp3) is 0.533. The lowest BCUT2D eigenvalue weighted by Crippen LogP contribution is -2.45. The van der Waals surface area contributed by atoms with Crippen LogP contribution in [0.2, 0.25) is 0 Å². The lowest BCUT2D eigenvalue weighted by Gasteiger charge is -2.34. The van der Waals surface area contributed by atoms with Gasteiger partial charge in [0, 0.05) is 23.6 Å². The summed E-state index contributed by atoms with van der Waals surface area (Å²) in [5.41, 5.74) is 6.62. The Kier molecular flexibility index (Phi) is 5.05. The minimum absolute atomic E-state index is 0.0427. The van der Waals surface area contributed by atoms with E-state index in [4.69, 9.17) is 10.5 Å². The molecular weight excluding hydrogens is 320 g/mol. The van der Waals surface area contributed by atoms with Crippen molar-refractivity contribution in [2.75, 3.05) is 20.2 Å². The van der Waals surface area contributed by atoms with Gasteiger partial charge in [0.05, 0.1) is 12.7 Å². The van der Waals surface area contributed by atoms with Gasteiger partial charge in [0.25, 0.3) is 5.91 Å². The Morgan fingerprint density at radius 3 is 2.95 bits per heavy atom. The van der Waals surface area contributed by atoms with Gasteiger partial charge in [-0.25, -0.2) is 0 Å². The minimum Gasteiger partial charge on any atom is -0.497 e. The van der Waals surface area contributed by atoms with Crippen molar-refractivity contribution in [2.24, 2.45) is 11.7 Å². The van der Waals surface area contributed by atoms with Crippen molar-refractivity contribution in [3.63, 3.8) is 0 Å². The third kappa shape index (κ3) is 3.33. The number of nitrogens with zero attached hydrogens (tertiary/aromatic N) is 1. The highest BCUT2D eigenvalue weighted by Gasteiger charge is 2.27. The second-order valence-corrected chi connectivity index (χ2v) is 6.21. The first-order valence-corrected chi connectivity index (χ1v) is 7.70. The van der Waals surface area contributed by atoms with Crippen LogP contribution in [0.3, 0.4) is 0 Å². The van der Waals surface area contributed by atoms with Gasteiger partial charge >= 0.3 is 0 Å². The van der Waals surface area contributed by atoms with Crippen LogP contribution < -0.4 is 10.5 Å². The molecule has 1 aromatic carbocycles. The molecule has 110 valence electrons. The number of carbonyl (C=O) groups excluding carboxylic acids is 1. The van der Waals surface area contributed by atoms with Gasteiger partial charge in [-0.3, -0.25) is 4.79 Å². The van der Waals surface area contributed by atoms with Crippen LogP contribution in [0.4, 0.5) is 0 Å². The van der Waals surface area contributed by atoms with Crippen molar-refractivity contribution >= 4 is 21.8 Å². The molecule has 0 spiro atoms. The summed E-state index contributed by atoms with van der Waals surface area (Å²) < 4.78 is 5.99. The summed E-state index contributed by atoms with van der Waals surface area (Å²) in [4.78, 5) is 14.6. The molecule has 2 rings (SSSR count). The zero-order valence-corrected chi connectivity index (χ0v) is 13.5. The monoisotopic (exact) mass is 340 g/mol. The topological polar surface area (TPSA) is 55.6 Å². The molecule has 1 amide bonds. The van der Waals surface area contributed by atoms with Crippen LogP contribution in [0, 0.1) is 5.92 Å². The Morgan fingerprint density at radius 2 is 2.30 bits per heavy atom. The van der Waals surface area contributed by atoms with Gasteiger partial charge in [-0.15, -0.1) is 0 Å². The number of nitrogens with two attached hydrogens (primary N) is 1. The highest BCUT2D eigenvalue weighted by molar-refractivity contribution is 9.10. The van der Waals surface area contributed by atoms with Gasteiger partial charge in [0.2, 0.25) is 0 Å². The lowest BCUT2D eigenvalue weighted by atomic mass is 9.92. The molecule has 20 heavy (non-hydrogen) atoms. The molecule has 1 saturated heterocycles. The predicted octanol–water partition coefficient (Wildman–Crippen LogP) is 2.66. The molecule has 0 aromatic heterocycles. The van der Waals surface area contributed by atoms with Crippen LogP contribution in [0.15, 0.2) is 22.7 Å². The maximum absolute atomic E-state index is 12.7. The molecule has 5 heteroatoms. The summed E-state index contributed by atoms with van der Waals surface area (Å²) in [6, 6.07) is 5.59. The lowest BCUT2D eigenvalue weighted by molar-refractivity contribution is 0.0659. The second kappa shape index (κ2) is 6.59. The Bertz CT molecular complexity index is 491. The molecule has 4 nitrogen and oxygen atoms in total. The normalized spacial score (nSPS) is 20.6. The Morgan fingerprint density at radius 1 is 1.55 bits per heavy atom. The number of halogens is 1. The van der Waals surface area contributed by atoms with Crippen LogP contribution in [0.5, 0.6) is 5.75 Å². The summed E-state index contributed by atoms with van der Waals surface area (Å²) >= 11 is 3.44. The molecule has 0 radical (unpaired) electrons. The maximum Gasteiger partial charge on any atom is 0.255 e. The van der Waals surface area contributed by atoms with E-state index in [9.17, 15) is 4.79 Å². The number of amides is 1. The molecule has 1 aliphatic heterocycles. The molecular formula is C15H21BrN2O2. The molecule has 0 saturated carbocycles. The zero-order valence-electron chi connectivity index (χ0n) is 11.9. The van der Waals surface area contributed by atoms with Gasteiger partial charge in [0.1, 0.15) is 5.75 Å². The quantitative estimate of drug-likeness (QED) is 0.920. The number of hydrogen-bond donors (Lipinski definition) is 1. The number of hydrogen-bond acceptors (Lipinski definition) is 3. The Balaban J connectivity index is 2.18. The summed E-state index contributed by atoms with van der Waals surface area (Å²) in [6.45, 7) is 3.55. The van der Waals surface area contributed by atoms with E-state index in [1.54, 1.807) is 13.2 Å². The van der Waals surface area contributed by atoms with Gasteiger partial charge < -0.3 is 15.4 Å². The van der Waals surface area contributed by atoms with Gasteiger partial charge in [0.15, 0.2) is 0 Å². The van der Waals surface area contributed by atoms with E-state index in [1.165, 1.54) is 0 Å². The van der Waals surface area contributed by atoms with Crippen LogP contribution in [0.25, 0.3) is 0 Å². The van der Waals surface area contributed by atoms with Crippen LogP contribution in [-0.2, 0) is 0 Å². The highest BCUT2D eigenvalue weighted by Crippen LogP contribution is 2.26. The Labute approximate surface area is 128 Å². The van der Waals surface area contributed by atoms with E-state index < -0.39 is 0 Å². The highest BCUT2D eigenvalue weighted by atomic mass is 79.9. The van der Waals surface area contributed by atoms with Crippen LogP contribution in [0.1, 0.15) is 30.1 Å². The standard InChI is InChI=1S/C15H21BrN2O2/c1-10(17)11-4-3-7-18(9-11)15(19)13-8-12(20-2)5-6-14(13)16/h5-6,8,10-11H,3-4,7,9,17H2,1-2H3/t10-,11+/m0/s1. The van der Waals surface area contributed by atoms with E-state index in [0.29, 0.717) is 17.2 Å². The predicted molar refractivity (Wildman–Crippen MR) is 83.0 cm³/mol. The largest absolute Gasteiger partial charge is 0.497 e. The van der Waals surface area contributed by atoms with E-state index in [-0.39, 0.29) is 11.9 Å². The molecule has 1 heterocycles. The third-order valence-corrected chi connectivity index (χ3v) is 4.58. The first-order chi connectivity index (χ1) is 9.52. The number of rotatable bonds is 3. The number of likely N-dealkylation sites (tertiary alicyclic amines) is 1. The van der Waals surface area contributed by atoms with Gasteiger partial charge in [-0.2, -0.15) is 0 Å². The molecule has 0 bridgehead atoms. The van der Waals surface area contributed by atoms with Crippen LogP contribution >= 0.6 is 15.9 Å². The van der Waals surface area contributed by atoms with Gasteiger partial charge in [-0.1, -0.05) is 0 Å². The van der Waals surface area contributed by atoms with Crippen molar-refractivity contribution in [1.82, 2.24) is 4.90 Å². The number of benzene rings is 1. The second-order valence-electron chi connectivity index (χ2n) is 5.36.